The molecular weight excluding hydrogens is 530 g/mol. The van der Waals surface area contributed by atoms with E-state index in [4.69, 9.17) is 0 Å². The van der Waals surface area contributed by atoms with E-state index in [2.05, 4.69) is 31.3 Å². The summed E-state index contributed by atoms with van der Waals surface area (Å²) in [5.74, 6) is -0.0836. The van der Waals surface area contributed by atoms with Crippen LogP contribution in [0.5, 0.6) is 0 Å². The van der Waals surface area contributed by atoms with Crippen LogP contribution >= 0.6 is 0 Å². The summed E-state index contributed by atoms with van der Waals surface area (Å²) in [5, 5.41) is 22.7. The van der Waals surface area contributed by atoms with Crippen molar-refractivity contribution < 1.29 is 15.0 Å². The smallest absolute Gasteiger partial charge is 0.220 e. The lowest BCUT2D eigenvalue weighted by Gasteiger charge is -2.19. The summed E-state index contributed by atoms with van der Waals surface area (Å²) in [6, 6.07) is -0.631. The van der Waals surface area contributed by atoms with Gasteiger partial charge in [-0.1, -0.05) is 186 Å². The van der Waals surface area contributed by atoms with E-state index in [1.807, 2.05) is 6.08 Å². The number of carbonyl (C=O) groups excluding carboxylic acids is 1. The largest absolute Gasteiger partial charge is 0.394 e. The molecule has 2 atom stereocenters. The van der Waals surface area contributed by atoms with Gasteiger partial charge in [-0.25, -0.2) is 0 Å². The van der Waals surface area contributed by atoms with E-state index in [0.29, 0.717) is 6.42 Å². The first-order valence-electron chi connectivity index (χ1n) is 19.1. The van der Waals surface area contributed by atoms with Crippen molar-refractivity contribution in [1.82, 2.24) is 5.32 Å². The van der Waals surface area contributed by atoms with E-state index in [1.54, 1.807) is 6.08 Å². The molecule has 0 aromatic carbocycles. The Balaban J connectivity index is 3.51. The summed E-state index contributed by atoms with van der Waals surface area (Å²) in [7, 11) is 0. The Kier molecular flexibility index (Phi) is 34.4. The molecule has 0 fully saturated rings. The van der Waals surface area contributed by atoms with E-state index in [0.717, 1.165) is 32.1 Å². The van der Waals surface area contributed by atoms with Gasteiger partial charge in [0.2, 0.25) is 5.91 Å². The molecule has 1 amide bonds. The zero-order valence-corrected chi connectivity index (χ0v) is 29.0. The van der Waals surface area contributed by atoms with Gasteiger partial charge in [0.1, 0.15) is 0 Å². The van der Waals surface area contributed by atoms with Gasteiger partial charge in [0.15, 0.2) is 0 Å². The first kappa shape index (κ1) is 41.9. The topological polar surface area (TPSA) is 69.6 Å². The first-order valence-corrected chi connectivity index (χ1v) is 19.1. The van der Waals surface area contributed by atoms with Gasteiger partial charge < -0.3 is 15.5 Å². The van der Waals surface area contributed by atoms with Crippen molar-refractivity contribution in [2.45, 2.75) is 212 Å². The summed E-state index contributed by atoms with van der Waals surface area (Å²) in [4.78, 5) is 12.1. The molecule has 0 heterocycles. The van der Waals surface area contributed by atoms with E-state index in [-0.39, 0.29) is 12.5 Å². The minimum atomic E-state index is -0.855. The Morgan fingerprint density at radius 2 is 0.907 bits per heavy atom. The first-order chi connectivity index (χ1) is 21.2. The Morgan fingerprint density at radius 1 is 0.535 bits per heavy atom. The number of aliphatic hydroxyl groups excluding tert-OH is 2. The molecule has 43 heavy (non-hydrogen) atoms. The maximum Gasteiger partial charge on any atom is 0.220 e. The lowest BCUT2D eigenvalue weighted by atomic mass is 10.0. The molecule has 0 saturated heterocycles. The predicted octanol–water partition coefficient (Wildman–Crippen LogP) is 11.3. The Bertz CT molecular complexity index is 618. The van der Waals surface area contributed by atoms with Crippen LogP contribution in [-0.4, -0.2) is 34.9 Å². The fraction of sp³-hybridized carbons (Fsp3) is 0.872. The van der Waals surface area contributed by atoms with Crippen molar-refractivity contribution in [3.05, 3.63) is 24.3 Å². The van der Waals surface area contributed by atoms with Gasteiger partial charge >= 0.3 is 0 Å². The number of nitrogens with one attached hydrogen (secondary N) is 1. The van der Waals surface area contributed by atoms with Gasteiger partial charge in [-0.05, 0) is 32.1 Å². The molecule has 3 N–H and O–H groups in total. The second-order valence-corrected chi connectivity index (χ2v) is 13.0. The molecule has 4 nitrogen and oxygen atoms in total. The van der Waals surface area contributed by atoms with Gasteiger partial charge in [-0.15, -0.1) is 0 Å². The third kappa shape index (κ3) is 32.1. The summed E-state index contributed by atoms with van der Waals surface area (Å²) in [6.07, 6.45) is 44.5. The van der Waals surface area contributed by atoms with Gasteiger partial charge in [0.25, 0.3) is 0 Å². The van der Waals surface area contributed by atoms with E-state index in [9.17, 15) is 15.0 Å². The van der Waals surface area contributed by atoms with E-state index >= 15 is 0 Å². The maximum atomic E-state index is 12.1. The minimum Gasteiger partial charge on any atom is -0.394 e. The maximum absolute atomic E-state index is 12.1. The number of unbranched alkanes of at least 4 members (excludes halogenated alkanes) is 25. The van der Waals surface area contributed by atoms with Gasteiger partial charge in [-0.3, -0.25) is 4.79 Å². The average molecular weight is 606 g/mol. The second kappa shape index (κ2) is 35.4. The summed E-state index contributed by atoms with van der Waals surface area (Å²) in [5.41, 5.74) is 0. The van der Waals surface area contributed by atoms with Crippen LogP contribution in [0.2, 0.25) is 0 Å². The number of allylic oxidation sites excluding steroid dienone is 3. The molecule has 254 valence electrons. The zero-order chi connectivity index (χ0) is 31.5. The van der Waals surface area contributed by atoms with Crippen LogP contribution in [0.3, 0.4) is 0 Å². The van der Waals surface area contributed by atoms with Crippen molar-refractivity contribution in [1.29, 1.82) is 0 Å². The highest BCUT2D eigenvalue weighted by Gasteiger charge is 2.17. The molecule has 0 aliphatic carbocycles. The third-order valence-electron chi connectivity index (χ3n) is 8.69. The third-order valence-corrected chi connectivity index (χ3v) is 8.69. The fourth-order valence-electron chi connectivity index (χ4n) is 5.72. The molecule has 4 heteroatoms. The van der Waals surface area contributed by atoms with Crippen LogP contribution in [0, 0.1) is 0 Å². The number of rotatable bonds is 34. The van der Waals surface area contributed by atoms with E-state index in [1.165, 1.54) is 148 Å². The average Bonchev–Trinajstić information content (AvgIpc) is 3.01. The molecule has 0 aliphatic heterocycles. The Morgan fingerprint density at radius 3 is 1.35 bits per heavy atom. The van der Waals surface area contributed by atoms with Crippen molar-refractivity contribution >= 4 is 5.91 Å². The van der Waals surface area contributed by atoms with Gasteiger partial charge in [-0.2, -0.15) is 0 Å². The number of hydrogen-bond donors (Lipinski definition) is 3. The normalized spacial score (nSPS) is 13.3. The lowest BCUT2D eigenvalue weighted by Crippen LogP contribution is -2.45. The molecule has 2 unspecified atom stereocenters. The van der Waals surface area contributed by atoms with Gasteiger partial charge in [0, 0.05) is 6.42 Å². The lowest BCUT2D eigenvalue weighted by molar-refractivity contribution is -0.123. The van der Waals surface area contributed by atoms with Gasteiger partial charge in [0.05, 0.1) is 18.8 Å². The molecule has 0 bridgehead atoms. The quantitative estimate of drug-likeness (QED) is 0.0505. The van der Waals surface area contributed by atoms with Crippen LogP contribution in [0.4, 0.5) is 0 Å². The molecule has 0 saturated carbocycles. The Labute approximate surface area is 269 Å². The standard InChI is InChI=1S/C39H75NO3/c1-3-5-7-9-11-12-13-14-15-16-17-18-19-20-21-22-23-24-25-26-27-28-29-30-32-34-38(42)37(36-41)40-39(43)35-33-31-10-8-6-4-2/h27-28,32,34,37-38,41-42H,3-26,29-31,33,35-36H2,1-2H3,(H,40,43)/b28-27+,34-32+. The summed E-state index contributed by atoms with van der Waals surface area (Å²) < 4.78 is 0. The predicted molar refractivity (Wildman–Crippen MR) is 189 cm³/mol. The molecule has 0 radical (unpaired) electrons. The highest BCUT2D eigenvalue weighted by molar-refractivity contribution is 5.76. The van der Waals surface area contributed by atoms with E-state index < -0.39 is 12.1 Å². The highest BCUT2D eigenvalue weighted by atomic mass is 16.3. The summed E-state index contributed by atoms with van der Waals surface area (Å²) in [6.45, 7) is 4.23. The number of hydrogen-bond acceptors (Lipinski definition) is 3. The molecular formula is C39H75NO3. The molecule has 0 spiro atoms. The Hall–Kier alpha value is -1.13. The fourth-order valence-corrected chi connectivity index (χ4v) is 5.72. The van der Waals surface area contributed by atoms with Crippen molar-refractivity contribution in [2.75, 3.05) is 6.61 Å². The molecule has 0 rings (SSSR count). The van der Waals surface area contributed by atoms with Crippen LogP contribution in [0.1, 0.15) is 200 Å². The van der Waals surface area contributed by atoms with Crippen molar-refractivity contribution in [3.8, 4) is 0 Å². The van der Waals surface area contributed by atoms with Crippen LogP contribution in [0.15, 0.2) is 24.3 Å². The van der Waals surface area contributed by atoms with Crippen LogP contribution in [-0.2, 0) is 4.79 Å². The SMILES string of the molecule is CCCCCCCCCCCCCCCCCCCCC/C=C/CC/C=C/C(O)C(CO)NC(=O)CCCCCCCC. The monoisotopic (exact) mass is 606 g/mol. The summed E-state index contributed by atoms with van der Waals surface area (Å²) >= 11 is 0. The number of carbonyl (C=O) groups is 1. The number of aliphatic hydroxyl groups is 2. The molecule has 0 aliphatic rings. The van der Waals surface area contributed by atoms with Crippen LogP contribution in [0.25, 0.3) is 0 Å². The molecule has 0 aromatic heterocycles. The highest BCUT2D eigenvalue weighted by Crippen LogP contribution is 2.15. The second-order valence-electron chi connectivity index (χ2n) is 13.0. The van der Waals surface area contributed by atoms with Crippen molar-refractivity contribution in [3.63, 3.8) is 0 Å². The minimum absolute atomic E-state index is 0.0836. The van der Waals surface area contributed by atoms with Crippen molar-refractivity contribution in [2.24, 2.45) is 0 Å². The van der Waals surface area contributed by atoms with Crippen LogP contribution < -0.4 is 5.32 Å². The zero-order valence-electron chi connectivity index (χ0n) is 29.0. The number of amides is 1. The molecule has 0 aromatic rings.